The molecule has 5 nitrogen and oxygen atoms in total. The Morgan fingerprint density at radius 3 is 2.47 bits per heavy atom. The molecule has 4 saturated carbocycles. The highest BCUT2D eigenvalue weighted by Crippen LogP contribution is 2.67. The van der Waals surface area contributed by atoms with Gasteiger partial charge in [0.25, 0.3) is 0 Å². The van der Waals surface area contributed by atoms with Crippen LogP contribution < -0.4 is 5.32 Å². The second-order valence-electron chi connectivity index (χ2n) is 12.1. The van der Waals surface area contributed by atoms with E-state index in [4.69, 9.17) is 0 Å². The molecule has 0 heterocycles. The first-order chi connectivity index (χ1) is 15.1. The van der Waals surface area contributed by atoms with Crippen LogP contribution in [0.1, 0.15) is 91.9 Å². The number of carbonyl (C=O) groups is 4. The number of carbonyl (C=O) groups excluding carboxylic acids is 4. The van der Waals surface area contributed by atoms with Crippen molar-refractivity contribution in [3.63, 3.8) is 0 Å². The molecule has 0 spiro atoms. The lowest BCUT2D eigenvalue weighted by molar-refractivity contribution is -0.159. The predicted molar refractivity (Wildman–Crippen MR) is 123 cm³/mol. The van der Waals surface area contributed by atoms with Crippen molar-refractivity contribution in [2.45, 2.75) is 91.9 Å². The molecule has 8 atom stereocenters. The van der Waals surface area contributed by atoms with Gasteiger partial charge in [-0.2, -0.15) is 0 Å². The van der Waals surface area contributed by atoms with Crippen LogP contribution in [0.3, 0.4) is 0 Å². The minimum atomic E-state index is -0.0382. The van der Waals surface area contributed by atoms with Gasteiger partial charge in [-0.1, -0.05) is 20.8 Å². The van der Waals surface area contributed by atoms with Crippen LogP contribution in [-0.4, -0.2) is 29.8 Å². The quantitative estimate of drug-likeness (QED) is 0.655. The van der Waals surface area contributed by atoms with Crippen molar-refractivity contribution >= 4 is 23.3 Å². The Kier molecular flexibility index (Phi) is 6.41. The van der Waals surface area contributed by atoms with Crippen molar-refractivity contribution in [2.24, 2.45) is 46.3 Å². The molecule has 1 amide bonds. The summed E-state index contributed by atoms with van der Waals surface area (Å²) < 4.78 is 0. The molecule has 178 valence electrons. The maximum Gasteiger partial charge on any atom is 0.220 e. The van der Waals surface area contributed by atoms with E-state index < -0.39 is 0 Å². The number of fused-ring (bicyclic) bond motifs is 5. The summed E-state index contributed by atoms with van der Waals surface area (Å²) >= 11 is 0. The molecule has 0 saturated heterocycles. The van der Waals surface area contributed by atoms with Crippen LogP contribution in [0.4, 0.5) is 0 Å². The molecule has 0 aromatic rings. The molecule has 1 N–H and O–H groups in total. The summed E-state index contributed by atoms with van der Waals surface area (Å²) in [6.07, 6.45) is 8.69. The summed E-state index contributed by atoms with van der Waals surface area (Å²) in [6, 6.07) is 0. The van der Waals surface area contributed by atoms with Gasteiger partial charge in [0.2, 0.25) is 5.91 Å². The van der Waals surface area contributed by atoms with E-state index in [0.717, 1.165) is 38.5 Å². The number of hydrogen-bond acceptors (Lipinski definition) is 4. The second kappa shape index (κ2) is 8.68. The number of ketones is 3. The van der Waals surface area contributed by atoms with Crippen molar-refractivity contribution in [1.29, 1.82) is 0 Å². The van der Waals surface area contributed by atoms with E-state index in [1.54, 1.807) is 0 Å². The summed E-state index contributed by atoms with van der Waals surface area (Å²) in [6.45, 7) is 8.68. The van der Waals surface area contributed by atoms with E-state index in [2.05, 4.69) is 26.1 Å². The van der Waals surface area contributed by atoms with Crippen molar-refractivity contribution in [1.82, 2.24) is 5.32 Å². The molecule has 32 heavy (non-hydrogen) atoms. The fraction of sp³-hybridized carbons (Fsp3) is 0.852. The molecule has 4 unspecified atom stereocenters. The van der Waals surface area contributed by atoms with Gasteiger partial charge in [-0.15, -0.1) is 0 Å². The smallest absolute Gasteiger partial charge is 0.220 e. The van der Waals surface area contributed by atoms with Crippen LogP contribution in [0, 0.1) is 46.3 Å². The Labute approximate surface area is 192 Å². The zero-order valence-corrected chi connectivity index (χ0v) is 20.4. The van der Waals surface area contributed by atoms with Crippen molar-refractivity contribution in [3.8, 4) is 0 Å². The largest absolute Gasteiger partial charge is 0.349 e. The van der Waals surface area contributed by atoms with Gasteiger partial charge in [-0.25, -0.2) is 0 Å². The molecule has 4 aliphatic carbocycles. The topological polar surface area (TPSA) is 80.3 Å². The maximum atomic E-state index is 13.4. The van der Waals surface area contributed by atoms with E-state index in [9.17, 15) is 19.2 Å². The lowest BCUT2D eigenvalue weighted by atomic mass is 9.44. The van der Waals surface area contributed by atoms with Gasteiger partial charge in [0, 0.05) is 31.6 Å². The molecular formula is C27H41NO4. The van der Waals surface area contributed by atoms with Crippen molar-refractivity contribution in [3.05, 3.63) is 0 Å². The van der Waals surface area contributed by atoms with Gasteiger partial charge in [-0.3, -0.25) is 19.2 Å². The van der Waals surface area contributed by atoms with Gasteiger partial charge >= 0.3 is 0 Å². The molecule has 4 fully saturated rings. The molecule has 5 heteroatoms. The summed E-state index contributed by atoms with van der Waals surface area (Å²) in [5.74, 6) is 2.99. The minimum absolute atomic E-state index is 0.0234. The highest BCUT2D eigenvalue weighted by atomic mass is 16.2. The summed E-state index contributed by atoms with van der Waals surface area (Å²) in [5, 5.41) is 2.71. The Morgan fingerprint density at radius 1 is 1.03 bits per heavy atom. The minimum Gasteiger partial charge on any atom is -0.349 e. The first-order valence-electron chi connectivity index (χ1n) is 12.9. The number of nitrogens with one attached hydrogen (secondary N) is 1. The van der Waals surface area contributed by atoms with Crippen LogP contribution in [0.5, 0.6) is 0 Å². The molecule has 0 bridgehead atoms. The van der Waals surface area contributed by atoms with Gasteiger partial charge in [0.15, 0.2) is 0 Å². The molecular weight excluding hydrogens is 402 g/mol. The van der Waals surface area contributed by atoms with Crippen LogP contribution in [-0.2, 0) is 19.2 Å². The third kappa shape index (κ3) is 3.98. The summed E-state index contributed by atoms with van der Waals surface area (Å²) in [7, 11) is 0. The third-order valence-corrected chi connectivity index (χ3v) is 10.4. The lowest BCUT2D eigenvalue weighted by Gasteiger charge is -2.59. The van der Waals surface area contributed by atoms with E-state index in [0.29, 0.717) is 60.9 Å². The lowest BCUT2D eigenvalue weighted by Crippen LogP contribution is -2.57. The first-order valence-corrected chi connectivity index (χ1v) is 12.9. The average molecular weight is 444 g/mol. The molecule has 4 aliphatic rings. The Morgan fingerprint density at radius 2 is 1.75 bits per heavy atom. The SMILES string of the molecule is CC(=O)CNC(=O)CC[C@@H](C)[C@H]1CCC2C3C(=O)CC4CC(=O)CC[C@]4(C)C3CC[C@@]21C. The number of hydrogen-bond donors (Lipinski definition) is 1. The van der Waals surface area contributed by atoms with Crippen LogP contribution in [0.2, 0.25) is 0 Å². The zero-order chi connectivity index (χ0) is 23.3. The van der Waals surface area contributed by atoms with Crippen LogP contribution >= 0.6 is 0 Å². The third-order valence-electron chi connectivity index (χ3n) is 10.4. The summed E-state index contributed by atoms with van der Waals surface area (Å²) in [5.41, 5.74) is 0.312. The van der Waals surface area contributed by atoms with Gasteiger partial charge < -0.3 is 5.32 Å². The second-order valence-corrected chi connectivity index (χ2v) is 12.1. The van der Waals surface area contributed by atoms with E-state index in [-0.39, 0.29) is 40.9 Å². The van der Waals surface area contributed by atoms with E-state index in [1.165, 1.54) is 6.92 Å². The first kappa shape index (κ1) is 23.6. The van der Waals surface area contributed by atoms with E-state index >= 15 is 0 Å². The molecule has 0 radical (unpaired) electrons. The standard InChI is InChI=1S/C27H41NO4/c1-16(5-8-24(32)28-15-17(2)29)20-6-7-21-25-22(10-12-27(20,21)4)26(3)11-9-19(30)13-18(26)14-23(25)31/h16,18,20-22,25H,5-15H2,1-4H3,(H,28,32)/t16-,18?,20-,21?,22?,25?,26+,27-/m1/s1. The Balaban J connectivity index is 1.45. The molecule has 0 aromatic heterocycles. The normalized spacial score (nSPS) is 41.9. The predicted octanol–water partition coefficient (Wildman–Crippen LogP) is 4.51. The Bertz CT molecular complexity index is 805. The van der Waals surface area contributed by atoms with Crippen molar-refractivity contribution < 1.29 is 19.2 Å². The van der Waals surface area contributed by atoms with Crippen LogP contribution in [0.25, 0.3) is 0 Å². The number of amides is 1. The number of Topliss-reactive ketones (excluding diaryl/α,β-unsaturated/α-hetero) is 3. The number of rotatable bonds is 6. The maximum absolute atomic E-state index is 13.4. The van der Waals surface area contributed by atoms with Crippen LogP contribution in [0.15, 0.2) is 0 Å². The summed E-state index contributed by atoms with van der Waals surface area (Å²) in [4.78, 5) is 48.8. The zero-order valence-electron chi connectivity index (χ0n) is 20.4. The fourth-order valence-electron chi connectivity index (χ4n) is 8.57. The van der Waals surface area contributed by atoms with Gasteiger partial charge in [0.1, 0.15) is 17.3 Å². The van der Waals surface area contributed by atoms with Crippen molar-refractivity contribution in [2.75, 3.05) is 6.54 Å². The highest BCUT2D eigenvalue weighted by molar-refractivity contribution is 5.86. The Hall–Kier alpha value is -1.52. The van der Waals surface area contributed by atoms with E-state index in [1.807, 2.05) is 0 Å². The molecule has 4 rings (SSSR count). The molecule has 0 aliphatic heterocycles. The molecule has 0 aromatic carbocycles. The highest BCUT2D eigenvalue weighted by Gasteiger charge is 2.63. The fourth-order valence-corrected chi connectivity index (χ4v) is 8.57. The monoisotopic (exact) mass is 443 g/mol. The van der Waals surface area contributed by atoms with Gasteiger partial charge in [-0.05, 0) is 85.9 Å². The average Bonchev–Trinajstić information content (AvgIpc) is 3.09. The van der Waals surface area contributed by atoms with Gasteiger partial charge in [0.05, 0.1) is 6.54 Å².